The Hall–Kier alpha value is -1.50. The maximum Gasteiger partial charge on any atom is 0.251 e. The Balaban J connectivity index is 3.93. The van der Waals surface area contributed by atoms with Gasteiger partial charge in [-0.15, -0.1) is 0 Å². The van der Waals surface area contributed by atoms with E-state index in [0.29, 0.717) is 25.9 Å². The van der Waals surface area contributed by atoms with Crippen LogP contribution in [-0.4, -0.2) is 151 Å². The van der Waals surface area contributed by atoms with Crippen molar-refractivity contribution in [2.45, 2.75) is 61.7 Å². The van der Waals surface area contributed by atoms with E-state index in [4.69, 9.17) is 10.2 Å². The lowest BCUT2D eigenvalue weighted by atomic mass is 10.0. The van der Waals surface area contributed by atoms with E-state index in [9.17, 15) is 50.4 Å². The summed E-state index contributed by atoms with van der Waals surface area (Å²) in [5.41, 5.74) is 0. The lowest BCUT2D eigenvalue weighted by Gasteiger charge is -2.25. The first kappa shape index (κ1) is 31.5. The number of hydrogen-bond acceptors (Lipinski definition) is 13. The molecule has 2 amide bonds. The van der Waals surface area contributed by atoms with E-state index in [1.807, 2.05) is 0 Å². The van der Waals surface area contributed by atoms with Gasteiger partial charge < -0.3 is 67.0 Å². The summed E-state index contributed by atoms with van der Waals surface area (Å²) in [6, 6.07) is 0. The molecule has 0 aromatic rings. The van der Waals surface area contributed by atoms with E-state index < -0.39 is 73.9 Å². The molecule has 0 fully saturated rings. The molecule has 0 aliphatic rings. The van der Waals surface area contributed by atoms with Crippen molar-refractivity contribution in [2.24, 2.45) is 0 Å². The second-order valence-electron chi connectivity index (χ2n) is 7.39. The van der Waals surface area contributed by atoms with Crippen LogP contribution < -0.4 is 16.0 Å². The minimum Gasteiger partial charge on any atom is -0.394 e. The number of hydrogen-bond donors (Lipinski definition) is 13. The highest BCUT2D eigenvalue weighted by Crippen LogP contribution is 2.06. The van der Waals surface area contributed by atoms with Gasteiger partial charge in [-0.05, 0) is 25.9 Å². The smallest absolute Gasteiger partial charge is 0.251 e. The van der Waals surface area contributed by atoms with Gasteiger partial charge in [-0.3, -0.25) is 9.59 Å². The van der Waals surface area contributed by atoms with Crippen LogP contribution in [0.2, 0.25) is 0 Å². The molecule has 0 saturated heterocycles. The maximum absolute atomic E-state index is 11.7. The van der Waals surface area contributed by atoms with Gasteiger partial charge >= 0.3 is 0 Å². The number of nitrogens with one attached hydrogen (secondary N) is 3. The molecule has 15 nitrogen and oxygen atoms in total. The van der Waals surface area contributed by atoms with Gasteiger partial charge in [0.2, 0.25) is 0 Å². The van der Waals surface area contributed by atoms with E-state index in [1.54, 1.807) is 0 Å². The average molecular weight is 488 g/mol. The van der Waals surface area contributed by atoms with Gasteiger partial charge in [0, 0.05) is 13.1 Å². The summed E-state index contributed by atoms with van der Waals surface area (Å²) in [6.45, 7) is -0.602. The number of rotatable bonds is 18. The first-order chi connectivity index (χ1) is 15.5. The molecule has 0 aliphatic carbocycles. The molecule has 0 spiro atoms. The second-order valence-corrected chi connectivity index (χ2v) is 7.39. The highest BCUT2D eigenvalue weighted by Gasteiger charge is 2.34. The van der Waals surface area contributed by atoms with E-state index in [2.05, 4.69) is 16.0 Å². The van der Waals surface area contributed by atoms with Gasteiger partial charge in [0.1, 0.15) is 36.6 Å². The fraction of sp³-hybridized carbons (Fsp3) is 0.889. The molecule has 0 radical (unpaired) electrons. The van der Waals surface area contributed by atoms with Crippen LogP contribution in [0.5, 0.6) is 0 Å². The molecule has 0 rings (SSSR count). The average Bonchev–Trinajstić information content (AvgIpc) is 2.83. The quantitative estimate of drug-likeness (QED) is 0.0801. The van der Waals surface area contributed by atoms with Gasteiger partial charge in [0.25, 0.3) is 11.8 Å². The molecule has 0 heterocycles. The van der Waals surface area contributed by atoms with Gasteiger partial charge in [-0.1, -0.05) is 0 Å². The normalized spacial score (nSPS) is 19.0. The van der Waals surface area contributed by atoms with Crippen LogP contribution in [-0.2, 0) is 9.59 Å². The Morgan fingerprint density at radius 2 is 0.879 bits per heavy atom. The molecule has 8 unspecified atom stereocenters. The van der Waals surface area contributed by atoms with Crippen molar-refractivity contribution in [1.29, 1.82) is 0 Å². The van der Waals surface area contributed by atoms with Crippen molar-refractivity contribution < 1.29 is 60.7 Å². The van der Waals surface area contributed by atoms with Crippen molar-refractivity contribution in [2.75, 3.05) is 39.4 Å². The minimum absolute atomic E-state index is 0.122. The summed E-state index contributed by atoms with van der Waals surface area (Å²) >= 11 is 0. The summed E-state index contributed by atoms with van der Waals surface area (Å²) in [4.78, 5) is 23.4. The van der Waals surface area contributed by atoms with Crippen molar-refractivity contribution in [1.82, 2.24) is 16.0 Å². The highest BCUT2D eigenvalue weighted by molar-refractivity contribution is 5.81. The minimum atomic E-state index is -2.00. The zero-order valence-electron chi connectivity index (χ0n) is 18.1. The number of amides is 2. The fourth-order valence-corrected chi connectivity index (χ4v) is 2.54. The number of aliphatic hydroxyl groups is 10. The third-order valence-electron chi connectivity index (χ3n) is 4.71. The third-order valence-corrected chi connectivity index (χ3v) is 4.71. The van der Waals surface area contributed by atoms with Gasteiger partial charge in [0.05, 0.1) is 13.2 Å². The van der Waals surface area contributed by atoms with Crippen LogP contribution >= 0.6 is 0 Å². The Kier molecular flexibility index (Phi) is 16.2. The molecule has 8 atom stereocenters. The van der Waals surface area contributed by atoms with Crippen molar-refractivity contribution >= 4 is 11.8 Å². The molecule has 0 saturated carbocycles. The molecule has 13 N–H and O–H groups in total. The van der Waals surface area contributed by atoms with Crippen molar-refractivity contribution in [3.8, 4) is 0 Å². The van der Waals surface area contributed by atoms with E-state index in [1.165, 1.54) is 0 Å². The van der Waals surface area contributed by atoms with Crippen LogP contribution in [0, 0.1) is 0 Å². The first-order valence-electron chi connectivity index (χ1n) is 10.4. The van der Waals surface area contributed by atoms with E-state index in [0.717, 1.165) is 0 Å². The van der Waals surface area contributed by atoms with E-state index >= 15 is 0 Å². The molecular formula is C18H37N3O12. The lowest BCUT2D eigenvalue weighted by Crippen LogP contribution is -2.51. The molecule has 33 heavy (non-hydrogen) atoms. The van der Waals surface area contributed by atoms with Crippen LogP contribution in [0.4, 0.5) is 0 Å². The SMILES string of the molecule is O=C(NCCCNCCCNC(=O)C(O)C(O)C(O)C(O)CO)C(O)C(O)C(O)C(O)CO. The second kappa shape index (κ2) is 17.0. The highest BCUT2D eigenvalue weighted by atomic mass is 16.4. The largest absolute Gasteiger partial charge is 0.394 e. The summed E-state index contributed by atoms with van der Waals surface area (Å²) < 4.78 is 0. The zero-order chi connectivity index (χ0) is 25.6. The number of aliphatic hydroxyl groups excluding tert-OH is 10. The molecule has 0 aliphatic heterocycles. The van der Waals surface area contributed by atoms with E-state index in [-0.39, 0.29) is 13.1 Å². The summed E-state index contributed by atoms with van der Waals surface area (Å²) in [5, 5.41) is 101. The predicted molar refractivity (Wildman–Crippen MR) is 110 cm³/mol. The van der Waals surface area contributed by atoms with Crippen LogP contribution in [0.25, 0.3) is 0 Å². The van der Waals surface area contributed by atoms with Gasteiger partial charge in [-0.2, -0.15) is 0 Å². The first-order valence-corrected chi connectivity index (χ1v) is 10.4. The maximum atomic E-state index is 11.7. The molecule has 0 aromatic heterocycles. The van der Waals surface area contributed by atoms with Crippen LogP contribution in [0.3, 0.4) is 0 Å². The topological polar surface area (TPSA) is 273 Å². The summed E-state index contributed by atoms with van der Waals surface area (Å²) in [6.07, 6.45) is -14.3. The standard InChI is InChI=1S/C18H37N3O12/c22-7-9(24)11(26)13(28)15(30)17(32)20-5-1-3-19-4-2-6-21-18(33)16(31)14(29)12(27)10(25)8-23/h9-16,19,22-31H,1-8H2,(H,20,32)(H,21,33). The molecule has 0 aromatic carbocycles. The molecule has 15 heteroatoms. The van der Waals surface area contributed by atoms with Crippen molar-refractivity contribution in [3.63, 3.8) is 0 Å². The third kappa shape index (κ3) is 11.5. The number of carbonyl (C=O) groups excluding carboxylic acids is 2. The van der Waals surface area contributed by atoms with Gasteiger partial charge in [0.15, 0.2) is 12.2 Å². The summed E-state index contributed by atoms with van der Waals surface area (Å²) in [5.74, 6) is -1.93. The summed E-state index contributed by atoms with van der Waals surface area (Å²) in [7, 11) is 0. The molecule has 0 bridgehead atoms. The predicted octanol–water partition coefficient (Wildman–Crippen LogP) is -7.54. The van der Waals surface area contributed by atoms with Crippen LogP contribution in [0.1, 0.15) is 12.8 Å². The van der Waals surface area contributed by atoms with Crippen LogP contribution in [0.15, 0.2) is 0 Å². The molecular weight excluding hydrogens is 450 g/mol. The fourth-order valence-electron chi connectivity index (χ4n) is 2.54. The Morgan fingerprint density at radius 1 is 0.545 bits per heavy atom. The molecule has 196 valence electrons. The Morgan fingerprint density at radius 3 is 1.18 bits per heavy atom. The zero-order valence-corrected chi connectivity index (χ0v) is 18.1. The lowest BCUT2D eigenvalue weighted by molar-refractivity contribution is -0.149. The van der Waals surface area contributed by atoms with Crippen molar-refractivity contribution in [3.05, 3.63) is 0 Å². The Bertz CT molecular complexity index is 512. The Labute approximate surface area is 190 Å². The monoisotopic (exact) mass is 487 g/mol. The van der Waals surface area contributed by atoms with Gasteiger partial charge in [-0.25, -0.2) is 0 Å². The number of carbonyl (C=O) groups is 2.